The first kappa shape index (κ1) is 13.1. The number of ether oxygens (including phenoxy) is 1. The second kappa shape index (κ2) is 5.92. The molecule has 0 atom stereocenters. The van der Waals surface area contributed by atoms with E-state index in [4.69, 9.17) is 21.7 Å². The first-order valence-corrected chi connectivity index (χ1v) is 5.73. The average molecular weight is 304 g/mol. The minimum Gasteiger partial charge on any atom is -0.495 e. The molecular weight excluding hydrogens is 291 g/mol. The van der Waals surface area contributed by atoms with Crippen LogP contribution in [0, 0.1) is 5.41 Å². The van der Waals surface area contributed by atoms with Crippen LogP contribution in [0.4, 0.5) is 0 Å². The van der Waals surface area contributed by atoms with Crippen LogP contribution in [-0.4, -0.2) is 19.9 Å². The molecule has 5 heteroatoms. The lowest BCUT2D eigenvalue weighted by molar-refractivity contribution is 0.415. The van der Waals surface area contributed by atoms with Crippen molar-refractivity contribution < 1.29 is 4.74 Å². The lowest BCUT2D eigenvalue weighted by Gasteiger charge is -2.07. The molecule has 0 saturated carbocycles. The molecule has 1 aromatic rings. The molecule has 0 saturated heterocycles. The standard InChI is InChI=1S/C11H12BrClN2O/c1-15-6-8(12)11(14)7-3-4-10(16-2)9(13)5-7/h3-6,14-15H,1-2H3/b8-6+,14-11?. The van der Waals surface area contributed by atoms with E-state index in [1.807, 2.05) is 0 Å². The second-order valence-electron chi connectivity index (χ2n) is 3.01. The van der Waals surface area contributed by atoms with Crippen LogP contribution in [0.5, 0.6) is 5.75 Å². The molecule has 0 aliphatic heterocycles. The summed E-state index contributed by atoms with van der Waals surface area (Å²) in [7, 11) is 3.33. The molecule has 0 aliphatic rings. The van der Waals surface area contributed by atoms with Gasteiger partial charge in [-0.05, 0) is 34.1 Å². The van der Waals surface area contributed by atoms with Gasteiger partial charge < -0.3 is 10.1 Å². The van der Waals surface area contributed by atoms with Crippen LogP contribution in [0.25, 0.3) is 0 Å². The third-order valence-corrected chi connectivity index (χ3v) is 2.87. The minimum absolute atomic E-state index is 0.360. The van der Waals surface area contributed by atoms with E-state index in [0.29, 0.717) is 21.0 Å². The van der Waals surface area contributed by atoms with Crippen LogP contribution in [-0.2, 0) is 0 Å². The predicted molar refractivity (Wildman–Crippen MR) is 70.9 cm³/mol. The molecule has 3 nitrogen and oxygen atoms in total. The Kier molecular flexibility index (Phi) is 4.83. The molecule has 0 bridgehead atoms. The molecule has 0 fully saturated rings. The largest absolute Gasteiger partial charge is 0.495 e. The minimum atomic E-state index is 0.360. The van der Waals surface area contributed by atoms with Crippen molar-refractivity contribution in [1.29, 1.82) is 5.41 Å². The summed E-state index contributed by atoms with van der Waals surface area (Å²) in [5.41, 5.74) is 1.09. The summed E-state index contributed by atoms with van der Waals surface area (Å²) in [5, 5.41) is 11.3. The van der Waals surface area contributed by atoms with Crippen LogP contribution in [0.2, 0.25) is 5.02 Å². The monoisotopic (exact) mass is 302 g/mol. The quantitative estimate of drug-likeness (QED) is 0.839. The molecule has 0 radical (unpaired) electrons. The topological polar surface area (TPSA) is 45.1 Å². The molecular formula is C11H12BrClN2O. The zero-order valence-electron chi connectivity index (χ0n) is 8.97. The second-order valence-corrected chi connectivity index (χ2v) is 4.27. The maximum atomic E-state index is 7.91. The van der Waals surface area contributed by atoms with Gasteiger partial charge in [0, 0.05) is 18.8 Å². The van der Waals surface area contributed by atoms with Crippen LogP contribution in [0.1, 0.15) is 5.56 Å². The summed E-state index contributed by atoms with van der Waals surface area (Å²) in [5.74, 6) is 0.604. The highest BCUT2D eigenvalue weighted by Gasteiger charge is 2.08. The molecule has 1 aromatic carbocycles. The summed E-state index contributed by atoms with van der Waals surface area (Å²) >= 11 is 9.28. The molecule has 0 unspecified atom stereocenters. The van der Waals surface area contributed by atoms with Gasteiger partial charge in [-0.3, -0.25) is 5.41 Å². The number of nitrogens with one attached hydrogen (secondary N) is 2. The van der Waals surface area contributed by atoms with Gasteiger partial charge >= 0.3 is 0 Å². The van der Waals surface area contributed by atoms with Crippen molar-refractivity contribution in [2.24, 2.45) is 0 Å². The molecule has 1 rings (SSSR count). The molecule has 0 amide bonds. The van der Waals surface area contributed by atoms with Gasteiger partial charge in [0.15, 0.2) is 0 Å². The maximum Gasteiger partial charge on any atom is 0.137 e. The maximum absolute atomic E-state index is 7.91. The van der Waals surface area contributed by atoms with Crippen molar-refractivity contribution in [2.45, 2.75) is 0 Å². The van der Waals surface area contributed by atoms with Crippen LogP contribution in [0.15, 0.2) is 28.9 Å². The summed E-state index contributed by atoms with van der Waals surface area (Å²) < 4.78 is 5.71. The van der Waals surface area contributed by atoms with Crippen molar-refractivity contribution in [2.75, 3.05) is 14.2 Å². The first-order valence-electron chi connectivity index (χ1n) is 4.56. The summed E-state index contributed by atoms with van der Waals surface area (Å²) in [6, 6.07) is 5.23. The predicted octanol–water partition coefficient (Wildman–Crippen LogP) is 3.17. The smallest absolute Gasteiger partial charge is 0.137 e. The van der Waals surface area contributed by atoms with E-state index in [1.54, 1.807) is 38.6 Å². The highest BCUT2D eigenvalue weighted by Crippen LogP contribution is 2.26. The van der Waals surface area contributed by atoms with Gasteiger partial charge in [-0.2, -0.15) is 0 Å². The number of rotatable bonds is 4. The highest BCUT2D eigenvalue weighted by atomic mass is 79.9. The molecule has 86 valence electrons. The van der Waals surface area contributed by atoms with E-state index in [-0.39, 0.29) is 0 Å². The van der Waals surface area contributed by atoms with Gasteiger partial charge in [-0.25, -0.2) is 0 Å². The third-order valence-electron chi connectivity index (χ3n) is 1.95. The van der Waals surface area contributed by atoms with Gasteiger partial charge in [0.1, 0.15) is 5.75 Å². The summed E-state index contributed by atoms with van der Waals surface area (Å²) in [4.78, 5) is 0. The van der Waals surface area contributed by atoms with Crippen molar-refractivity contribution in [3.8, 4) is 5.75 Å². The van der Waals surface area contributed by atoms with Crippen molar-refractivity contribution >= 4 is 33.2 Å². The van der Waals surface area contributed by atoms with Gasteiger partial charge in [0.2, 0.25) is 0 Å². The van der Waals surface area contributed by atoms with Gasteiger partial charge in [0.05, 0.1) is 22.3 Å². The van der Waals surface area contributed by atoms with Crippen molar-refractivity contribution in [3.63, 3.8) is 0 Å². The molecule has 0 aliphatic carbocycles. The van der Waals surface area contributed by atoms with E-state index < -0.39 is 0 Å². The zero-order chi connectivity index (χ0) is 12.1. The summed E-state index contributed by atoms with van der Waals surface area (Å²) in [6.45, 7) is 0. The van der Waals surface area contributed by atoms with E-state index in [9.17, 15) is 0 Å². The van der Waals surface area contributed by atoms with E-state index in [1.165, 1.54) is 0 Å². The fourth-order valence-electron chi connectivity index (χ4n) is 1.16. The Balaban J connectivity index is 3.02. The SMILES string of the molecule is CN/C=C(/Br)C(=N)c1ccc(OC)c(Cl)c1. The highest BCUT2D eigenvalue weighted by molar-refractivity contribution is 9.12. The summed E-state index contributed by atoms with van der Waals surface area (Å²) in [6.07, 6.45) is 1.69. The first-order chi connectivity index (χ1) is 7.60. The fraction of sp³-hybridized carbons (Fsp3) is 0.182. The van der Waals surface area contributed by atoms with Crippen LogP contribution < -0.4 is 10.1 Å². The molecule has 0 aromatic heterocycles. The van der Waals surface area contributed by atoms with E-state index in [2.05, 4.69) is 21.2 Å². The van der Waals surface area contributed by atoms with Gasteiger partial charge in [-0.1, -0.05) is 11.6 Å². The lowest BCUT2D eigenvalue weighted by atomic mass is 10.1. The van der Waals surface area contributed by atoms with Gasteiger partial charge in [-0.15, -0.1) is 0 Å². The molecule has 0 spiro atoms. The van der Waals surface area contributed by atoms with Crippen LogP contribution in [0.3, 0.4) is 0 Å². The zero-order valence-corrected chi connectivity index (χ0v) is 11.3. The van der Waals surface area contributed by atoms with Crippen molar-refractivity contribution in [3.05, 3.63) is 39.5 Å². The molecule has 0 heterocycles. The normalized spacial score (nSPS) is 11.1. The molecule has 2 N–H and O–H groups in total. The number of benzene rings is 1. The average Bonchev–Trinajstić information content (AvgIpc) is 2.28. The number of hydrogen-bond acceptors (Lipinski definition) is 3. The lowest BCUT2D eigenvalue weighted by Crippen LogP contribution is -2.03. The number of hydrogen-bond donors (Lipinski definition) is 2. The Bertz CT molecular complexity index is 432. The number of methoxy groups -OCH3 is 1. The van der Waals surface area contributed by atoms with E-state index in [0.717, 1.165) is 5.56 Å². The number of halogens is 2. The van der Waals surface area contributed by atoms with Crippen LogP contribution >= 0.6 is 27.5 Å². The third kappa shape index (κ3) is 3.00. The Morgan fingerprint density at radius 3 is 2.75 bits per heavy atom. The molecule has 16 heavy (non-hydrogen) atoms. The number of allylic oxidation sites excluding steroid dienone is 1. The van der Waals surface area contributed by atoms with Gasteiger partial charge in [0.25, 0.3) is 0 Å². The fourth-order valence-corrected chi connectivity index (χ4v) is 1.87. The Hall–Kier alpha value is -1.00. The Morgan fingerprint density at radius 2 is 2.25 bits per heavy atom. The Morgan fingerprint density at radius 1 is 1.56 bits per heavy atom. The van der Waals surface area contributed by atoms with Crippen molar-refractivity contribution in [1.82, 2.24) is 5.32 Å². The Labute approximate surface area is 108 Å². The van der Waals surface area contributed by atoms with E-state index >= 15 is 0 Å².